The number of fused-ring (bicyclic) bond motifs is 1. The van der Waals surface area contributed by atoms with Crippen LogP contribution in [0.15, 0.2) is 44.8 Å². The van der Waals surface area contributed by atoms with Crippen LogP contribution < -0.4 is 5.32 Å². The summed E-state index contributed by atoms with van der Waals surface area (Å²) in [6, 6.07) is 4.79. The summed E-state index contributed by atoms with van der Waals surface area (Å²) < 4.78 is 39.2. The molecule has 0 saturated carbocycles. The normalized spacial score (nSPS) is 18.7. The third-order valence-corrected chi connectivity index (χ3v) is 9.22. The Morgan fingerprint density at radius 2 is 1.85 bits per heavy atom. The van der Waals surface area contributed by atoms with Crippen LogP contribution in [-0.2, 0) is 19.6 Å². The van der Waals surface area contributed by atoms with Crippen molar-refractivity contribution in [1.82, 2.24) is 14.6 Å². The quantitative estimate of drug-likeness (QED) is 0.375. The first-order valence-corrected chi connectivity index (χ1v) is 13.4. The molecule has 1 N–H and O–H groups in total. The minimum absolute atomic E-state index is 0.00701. The monoisotopic (exact) mass is 555 g/mol. The fourth-order valence-electron chi connectivity index (χ4n) is 3.69. The molecular weight excluding hydrogens is 541 g/mol. The summed E-state index contributed by atoms with van der Waals surface area (Å²) in [5, 5.41) is 3.23. The first-order chi connectivity index (χ1) is 16.2. The Bertz CT molecular complexity index is 1460. The predicted octanol–water partition coefficient (Wildman–Crippen LogP) is 4.31. The van der Waals surface area contributed by atoms with Gasteiger partial charge in [0.05, 0.1) is 28.2 Å². The van der Waals surface area contributed by atoms with Gasteiger partial charge in [-0.2, -0.15) is 4.31 Å². The van der Waals surface area contributed by atoms with Crippen LogP contribution >= 0.6 is 47.2 Å². The molecule has 1 amide bonds. The number of ether oxygens (including phenoxy) is 1. The van der Waals surface area contributed by atoms with E-state index in [1.165, 1.54) is 16.4 Å². The lowest BCUT2D eigenvalue weighted by Gasteiger charge is -2.27. The number of thiocarbonyl (C=S) groups is 1. The number of benzene rings is 1. The summed E-state index contributed by atoms with van der Waals surface area (Å²) in [5.41, 5.74) is 1.60. The SMILES string of the molecule is O=C1NC(=S)S/C1=C/c1cc2cncc(-c3cc(Cl)c(S(=O)(=O)N4CCOCC4)c(Cl)c3)c2o1. The van der Waals surface area contributed by atoms with Gasteiger partial charge >= 0.3 is 0 Å². The molecule has 4 heterocycles. The molecule has 176 valence electrons. The molecule has 0 atom stereocenters. The van der Waals surface area contributed by atoms with Crippen molar-refractivity contribution in [2.24, 2.45) is 0 Å². The number of nitrogens with one attached hydrogen (secondary N) is 1. The number of aromatic nitrogens is 1. The average molecular weight is 556 g/mol. The number of carbonyl (C=O) groups excluding carboxylic acids is 1. The van der Waals surface area contributed by atoms with Gasteiger partial charge in [0, 0.05) is 42.5 Å². The van der Waals surface area contributed by atoms with Crippen molar-refractivity contribution in [3.63, 3.8) is 0 Å². The number of amides is 1. The molecule has 8 nitrogen and oxygen atoms in total. The number of hydrogen-bond donors (Lipinski definition) is 1. The van der Waals surface area contributed by atoms with Crippen LogP contribution in [0.5, 0.6) is 0 Å². The Kier molecular flexibility index (Phi) is 6.44. The highest BCUT2D eigenvalue weighted by atomic mass is 35.5. The Morgan fingerprint density at radius 1 is 1.15 bits per heavy atom. The first kappa shape index (κ1) is 23.7. The van der Waals surface area contributed by atoms with Crippen LogP contribution in [0, 0.1) is 0 Å². The molecule has 0 bridgehead atoms. The van der Waals surface area contributed by atoms with Crippen molar-refractivity contribution < 1.29 is 22.4 Å². The van der Waals surface area contributed by atoms with Gasteiger partial charge < -0.3 is 14.5 Å². The second kappa shape index (κ2) is 9.23. The lowest BCUT2D eigenvalue weighted by atomic mass is 10.1. The molecule has 0 radical (unpaired) electrons. The van der Waals surface area contributed by atoms with Gasteiger partial charge in [-0.25, -0.2) is 8.42 Å². The molecule has 34 heavy (non-hydrogen) atoms. The van der Waals surface area contributed by atoms with Gasteiger partial charge in [0.1, 0.15) is 20.6 Å². The average Bonchev–Trinajstić information content (AvgIpc) is 3.35. The molecule has 0 unspecified atom stereocenters. The highest BCUT2D eigenvalue weighted by Crippen LogP contribution is 2.39. The molecule has 2 aliphatic heterocycles. The van der Waals surface area contributed by atoms with Gasteiger partial charge in [0.2, 0.25) is 10.0 Å². The molecule has 2 fully saturated rings. The number of sulfonamides is 1. The molecule has 2 saturated heterocycles. The molecule has 2 aromatic heterocycles. The van der Waals surface area contributed by atoms with Crippen molar-refractivity contribution in [2.75, 3.05) is 26.3 Å². The molecule has 3 aromatic rings. The van der Waals surface area contributed by atoms with Gasteiger partial charge in [0.25, 0.3) is 5.91 Å². The highest BCUT2D eigenvalue weighted by Gasteiger charge is 2.31. The van der Waals surface area contributed by atoms with E-state index in [4.69, 9.17) is 44.6 Å². The fraction of sp³-hybridized carbons (Fsp3) is 0.190. The standard InChI is InChI=1S/C21H15Cl2N3O5S3/c22-15-6-11(7-16(23)19(15)34(28,29)26-1-3-30-4-2-26)14-10-24-9-12-5-13(31-18(12)14)8-17-20(27)25-21(32)33-17/h5-10H,1-4H2,(H,25,27,32)/b17-8+. The Labute approximate surface area is 214 Å². The third kappa shape index (κ3) is 4.37. The van der Waals surface area contributed by atoms with E-state index in [2.05, 4.69) is 10.3 Å². The van der Waals surface area contributed by atoms with Crippen molar-refractivity contribution in [3.8, 4) is 11.1 Å². The van der Waals surface area contributed by atoms with E-state index in [-0.39, 0.29) is 33.9 Å². The number of carbonyl (C=O) groups is 1. The van der Waals surface area contributed by atoms with Gasteiger partial charge in [-0.3, -0.25) is 9.78 Å². The third-order valence-electron chi connectivity index (χ3n) is 5.23. The van der Waals surface area contributed by atoms with E-state index in [1.807, 2.05) is 0 Å². The number of halogens is 2. The number of furan rings is 1. The largest absolute Gasteiger partial charge is 0.456 e. The predicted molar refractivity (Wildman–Crippen MR) is 135 cm³/mol. The second-order valence-electron chi connectivity index (χ2n) is 7.39. The van der Waals surface area contributed by atoms with Gasteiger partial charge in [0.15, 0.2) is 0 Å². The topological polar surface area (TPSA) is 102 Å². The van der Waals surface area contributed by atoms with Crippen LogP contribution in [-0.4, -0.2) is 54.2 Å². The molecule has 13 heteroatoms. The molecule has 2 aliphatic rings. The number of thioether (sulfide) groups is 1. The fourth-order valence-corrected chi connectivity index (χ4v) is 7.28. The van der Waals surface area contributed by atoms with E-state index < -0.39 is 10.0 Å². The summed E-state index contributed by atoms with van der Waals surface area (Å²) >= 11 is 19.1. The molecule has 5 rings (SSSR count). The number of pyridine rings is 1. The van der Waals surface area contributed by atoms with Crippen LogP contribution in [0.25, 0.3) is 28.2 Å². The Balaban J connectivity index is 1.55. The van der Waals surface area contributed by atoms with E-state index in [0.29, 0.717) is 50.3 Å². The molecular formula is C21H15Cl2N3O5S3. The maximum absolute atomic E-state index is 13.1. The summed E-state index contributed by atoms with van der Waals surface area (Å²) in [5.74, 6) is 0.153. The van der Waals surface area contributed by atoms with Gasteiger partial charge in [-0.15, -0.1) is 0 Å². The Hall–Kier alpha value is -1.99. The molecule has 0 spiro atoms. The van der Waals surface area contributed by atoms with Gasteiger partial charge in [-0.05, 0) is 23.8 Å². The zero-order valence-electron chi connectivity index (χ0n) is 17.2. The van der Waals surface area contributed by atoms with Crippen molar-refractivity contribution in [1.29, 1.82) is 0 Å². The summed E-state index contributed by atoms with van der Waals surface area (Å²) in [4.78, 5) is 16.5. The number of morpholine rings is 1. The second-order valence-corrected chi connectivity index (χ2v) is 11.8. The maximum atomic E-state index is 13.1. The van der Waals surface area contributed by atoms with Crippen molar-refractivity contribution in [2.45, 2.75) is 4.90 Å². The van der Waals surface area contributed by atoms with Crippen LogP contribution in [0.2, 0.25) is 10.0 Å². The number of nitrogens with zero attached hydrogens (tertiary/aromatic N) is 2. The maximum Gasteiger partial charge on any atom is 0.263 e. The van der Waals surface area contributed by atoms with Crippen molar-refractivity contribution >= 4 is 84.5 Å². The van der Waals surface area contributed by atoms with Gasteiger partial charge in [-0.1, -0.05) is 47.2 Å². The van der Waals surface area contributed by atoms with E-state index in [9.17, 15) is 13.2 Å². The molecule has 1 aromatic carbocycles. The lowest BCUT2D eigenvalue weighted by Crippen LogP contribution is -2.40. The lowest BCUT2D eigenvalue weighted by molar-refractivity contribution is -0.115. The van der Waals surface area contributed by atoms with Crippen LogP contribution in [0.3, 0.4) is 0 Å². The van der Waals surface area contributed by atoms with E-state index in [1.54, 1.807) is 24.5 Å². The van der Waals surface area contributed by atoms with Crippen molar-refractivity contribution in [3.05, 3.63) is 51.3 Å². The number of hydrogen-bond acceptors (Lipinski definition) is 8. The summed E-state index contributed by atoms with van der Waals surface area (Å²) in [6.45, 7) is 1.07. The molecule has 0 aliphatic carbocycles. The summed E-state index contributed by atoms with van der Waals surface area (Å²) in [7, 11) is -3.89. The first-order valence-electron chi connectivity index (χ1n) is 9.94. The van der Waals surface area contributed by atoms with E-state index in [0.717, 1.165) is 11.8 Å². The smallest absolute Gasteiger partial charge is 0.263 e. The highest BCUT2D eigenvalue weighted by molar-refractivity contribution is 8.26. The number of rotatable bonds is 4. The summed E-state index contributed by atoms with van der Waals surface area (Å²) in [6.07, 6.45) is 4.80. The zero-order valence-corrected chi connectivity index (χ0v) is 21.2. The van der Waals surface area contributed by atoms with Crippen LogP contribution in [0.4, 0.5) is 0 Å². The zero-order chi connectivity index (χ0) is 24.0. The minimum Gasteiger partial charge on any atom is -0.456 e. The van der Waals surface area contributed by atoms with E-state index >= 15 is 0 Å². The Morgan fingerprint density at radius 3 is 2.50 bits per heavy atom. The minimum atomic E-state index is -3.89. The van der Waals surface area contributed by atoms with Crippen LogP contribution in [0.1, 0.15) is 5.76 Å².